The van der Waals surface area contributed by atoms with E-state index >= 15 is 0 Å². The van der Waals surface area contributed by atoms with Crippen molar-refractivity contribution in [2.75, 3.05) is 0 Å². The predicted octanol–water partition coefficient (Wildman–Crippen LogP) is 8.37. The molecule has 0 saturated heterocycles. The topological polar surface area (TPSA) is 40.9 Å². The van der Waals surface area contributed by atoms with Crippen LogP contribution in [0, 0.1) is 73.9 Å². The number of nitrogens with zero attached hydrogens (tertiary/aromatic N) is 1. The maximum absolute atomic E-state index is 13.2. The lowest BCUT2D eigenvalue weighted by atomic mass is 9.32. The maximum Gasteiger partial charge on any atom is 0.238 e. The predicted molar refractivity (Wildman–Crippen MR) is 139 cm³/mol. The number of rotatable bonds is 2. The Balaban J connectivity index is 1.57. The summed E-state index contributed by atoms with van der Waals surface area (Å²) in [6, 6.07) is 2.12. The molecular formula is C32H49NO. The average molecular weight is 464 g/mol. The van der Waals surface area contributed by atoms with Crippen LogP contribution < -0.4 is 0 Å². The number of carbonyl (C=O) groups is 1. The van der Waals surface area contributed by atoms with E-state index in [-0.39, 0.29) is 11.2 Å². The van der Waals surface area contributed by atoms with Crippen molar-refractivity contribution in [1.29, 1.82) is 5.26 Å². The number of Topliss-reactive ketones (excluding diaryl/α,β-unsaturated/α-hetero) is 1. The summed E-state index contributed by atoms with van der Waals surface area (Å²) in [5, 5.41) is 9.76. The first kappa shape index (κ1) is 24.6. The second-order valence-electron chi connectivity index (χ2n) is 15.0. The Morgan fingerprint density at radius 1 is 0.853 bits per heavy atom. The first-order chi connectivity index (χ1) is 15.8. The van der Waals surface area contributed by atoms with Gasteiger partial charge in [-0.3, -0.25) is 4.79 Å². The SMILES string of the molecule is C=C(C)[C@@H]1CCC2(C(=O)C#N)CC[C@]3(C)C(CCC4C5(C)CCC(C)C(C)(C)C5CCC43C)C12. The number of nitriles is 1. The highest BCUT2D eigenvalue weighted by Crippen LogP contribution is 2.77. The van der Waals surface area contributed by atoms with E-state index in [1.807, 2.05) is 0 Å². The first-order valence-electron chi connectivity index (χ1n) is 14.4. The van der Waals surface area contributed by atoms with Gasteiger partial charge in [0.2, 0.25) is 5.78 Å². The van der Waals surface area contributed by atoms with Gasteiger partial charge in [-0.1, -0.05) is 53.7 Å². The van der Waals surface area contributed by atoms with Crippen molar-refractivity contribution in [3.8, 4) is 6.07 Å². The number of carbonyl (C=O) groups excluding carboxylic acids is 1. The molecular weight excluding hydrogens is 414 g/mol. The molecule has 2 heteroatoms. The fourth-order valence-electron chi connectivity index (χ4n) is 11.8. The van der Waals surface area contributed by atoms with Crippen LogP contribution in [0.1, 0.15) is 113 Å². The van der Waals surface area contributed by atoms with Crippen molar-refractivity contribution in [3.05, 3.63) is 12.2 Å². The summed E-state index contributed by atoms with van der Waals surface area (Å²) >= 11 is 0. The number of hydrogen-bond acceptors (Lipinski definition) is 2. The Labute approximate surface area is 209 Å². The zero-order valence-electron chi connectivity index (χ0n) is 23.1. The van der Waals surface area contributed by atoms with Crippen molar-refractivity contribution in [1.82, 2.24) is 0 Å². The molecule has 0 radical (unpaired) electrons. The van der Waals surface area contributed by atoms with Crippen LogP contribution in [0.2, 0.25) is 0 Å². The zero-order chi connectivity index (χ0) is 24.9. The Morgan fingerprint density at radius 2 is 1.56 bits per heavy atom. The Bertz CT molecular complexity index is 941. The Hall–Kier alpha value is -1.10. The number of fused-ring (bicyclic) bond motifs is 7. The molecule has 0 aromatic rings. The minimum absolute atomic E-state index is 0.116. The lowest BCUT2D eigenvalue weighted by Gasteiger charge is -2.73. The van der Waals surface area contributed by atoms with E-state index in [2.05, 4.69) is 61.1 Å². The van der Waals surface area contributed by atoms with Crippen molar-refractivity contribution < 1.29 is 4.79 Å². The third-order valence-electron chi connectivity index (χ3n) is 14.2. The highest BCUT2D eigenvalue weighted by molar-refractivity contribution is 5.99. The van der Waals surface area contributed by atoms with Crippen LogP contribution in [0.4, 0.5) is 0 Å². The molecule has 5 aliphatic carbocycles. The van der Waals surface area contributed by atoms with E-state index in [1.54, 1.807) is 0 Å². The van der Waals surface area contributed by atoms with Gasteiger partial charge in [0.15, 0.2) is 0 Å². The van der Waals surface area contributed by atoms with Gasteiger partial charge in [-0.15, -0.1) is 0 Å². The zero-order valence-corrected chi connectivity index (χ0v) is 23.1. The van der Waals surface area contributed by atoms with Crippen LogP contribution >= 0.6 is 0 Å². The molecule has 0 heterocycles. The Morgan fingerprint density at radius 3 is 2.21 bits per heavy atom. The molecule has 34 heavy (non-hydrogen) atoms. The van der Waals surface area contributed by atoms with Gasteiger partial charge in [0, 0.05) is 5.41 Å². The molecule has 5 fully saturated rings. The van der Waals surface area contributed by atoms with Crippen LogP contribution in [0.5, 0.6) is 0 Å². The molecule has 0 bridgehead atoms. The molecule has 0 aromatic heterocycles. The molecule has 8 unspecified atom stereocenters. The monoisotopic (exact) mass is 463 g/mol. The smallest absolute Gasteiger partial charge is 0.238 e. The van der Waals surface area contributed by atoms with Gasteiger partial charge < -0.3 is 0 Å². The molecule has 0 aliphatic heterocycles. The largest absolute Gasteiger partial charge is 0.282 e. The lowest BCUT2D eigenvalue weighted by molar-refractivity contribution is -0.240. The second-order valence-corrected chi connectivity index (χ2v) is 15.0. The standard InChI is InChI=1S/C32H49NO/c1-20(2)22-12-16-32(26(34)19-33)18-17-30(7)23(27(22)32)9-10-25-29(6)14-11-21(3)28(4,5)24(29)13-15-31(25,30)8/h21-25,27H,1,9-18H2,2-8H3/t21?,22-,23?,24?,25?,27?,29?,30+,31?,32?/m0/s1. The van der Waals surface area contributed by atoms with Crippen LogP contribution in [0.25, 0.3) is 0 Å². The van der Waals surface area contributed by atoms with Crippen LogP contribution in [0.3, 0.4) is 0 Å². The van der Waals surface area contributed by atoms with Crippen LogP contribution in [-0.4, -0.2) is 5.78 Å². The number of hydrogen-bond donors (Lipinski definition) is 0. The van der Waals surface area contributed by atoms with Gasteiger partial charge in [-0.05, 0) is 128 Å². The fraction of sp³-hybridized carbons (Fsp3) is 0.875. The van der Waals surface area contributed by atoms with E-state index in [1.165, 1.54) is 44.1 Å². The van der Waals surface area contributed by atoms with Crippen molar-refractivity contribution in [3.63, 3.8) is 0 Å². The fourth-order valence-corrected chi connectivity index (χ4v) is 11.8. The third-order valence-corrected chi connectivity index (χ3v) is 14.2. The molecule has 188 valence electrons. The summed E-state index contributed by atoms with van der Waals surface area (Å²) < 4.78 is 0. The summed E-state index contributed by atoms with van der Waals surface area (Å²) in [5.41, 5.74) is 2.25. The Kier molecular flexibility index (Phi) is 5.39. The summed E-state index contributed by atoms with van der Waals surface area (Å²) in [4.78, 5) is 13.2. The van der Waals surface area contributed by atoms with Crippen molar-refractivity contribution in [2.24, 2.45) is 62.6 Å². The van der Waals surface area contributed by atoms with E-state index in [0.29, 0.717) is 34.0 Å². The average Bonchev–Trinajstić information content (AvgIpc) is 3.18. The third kappa shape index (κ3) is 2.77. The highest BCUT2D eigenvalue weighted by Gasteiger charge is 2.71. The minimum atomic E-state index is -0.408. The lowest BCUT2D eigenvalue weighted by Crippen LogP contribution is -2.66. The number of ketones is 1. The second kappa shape index (κ2) is 7.46. The molecule has 0 amide bonds. The summed E-state index contributed by atoms with van der Waals surface area (Å²) in [7, 11) is 0. The number of allylic oxidation sites excluding steroid dienone is 1. The van der Waals surface area contributed by atoms with Gasteiger partial charge in [-0.25, -0.2) is 0 Å². The van der Waals surface area contributed by atoms with Crippen LogP contribution in [0.15, 0.2) is 12.2 Å². The summed E-state index contributed by atoms with van der Waals surface area (Å²) in [6.07, 6.45) is 12.0. The van der Waals surface area contributed by atoms with Gasteiger partial charge in [-0.2, -0.15) is 5.26 Å². The molecule has 0 N–H and O–H groups in total. The normalized spacial score (nSPS) is 53.5. The van der Waals surface area contributed by atoms with Crippen molar-refractivity contribution >= 4 is 5.78 Å². The van der Waals surface area contributed by atoms with E-state index in [9.17, 15) is 10.1 Å². The molecule has 0 aromatic carbocycles. The van der Waals surface area contributed by atoms with Gasteiger partial charge in [0.05, 0.1) is 0 Å². The molecule has 5 aliphatic rings. The molecule has 5 saturated carbocycles. The minimum Gasteiger partial charge on any atom is -0.282 e. The molecule has 5 rings (SSSR count). The first-order valence-corrected chi connectivity index (χ1v) is 14.4. The summed E-state index contributed by atoms with van der Waals surface area (Å²) in [6.45, 7) is 22.2. The summed E-state index contributed by atoms with van der Waals surface area (Å²) in [5.74, 6) is 3.55. The van der Waals surface area contributed by atoms with E-state index in [0.717, 1.165) is 43.4 Å². The van der Waals surface area contributed by atoms with Crippen LogP contribution in [-0.2, 0) is 4.79 Å². The van der Waals surface area contributed by atoms with Crippen molar-refractivity contribution in [2.45, 2.75) is 113 Å². The highest BCUT2D eigenvalue weighted by atomic mass is 16.1. The molecule has 10 atom stereocenters. The van der Waals surface area contributed by atoms with Gasteiger partial charge >= 0.3 is 0 Å². The quantitative estimate of drug-likeness (QED) is 0.305. The van der Waals surface area contributed by atoms with Gasteiger partial charge in [0.1, 0.15) is 6.07 Å². The molecule has 0 spiro atoms. The van der Waals surface area contributed by atoms with E-state index < -0.39 is 5.41 Å². The molecule has 2 nitrogen and oxygen atoms in total. The maximum atomic E-state index is 13.2. The van der Waals surface area contributed by atoms with E-state index in [4.69, 9.17) is 0 Å². The van der Waals surface area contributed by atoms with Gasteiger partial charge in [0.25, 0.3) is 0 Å².